The number of aliphatic hydroxyl groups is 1. The molecule has 1 heterocycles. The van der Waals surface area contributed by atoms with Crippen LogP contribution >= 0.6 is 0 Å². The first kappa shape index (κ1) is 12.3. The third-order valence-electron chi connectivity index (χ3n) is 3.04. The van der Waals surface area contributed by atoms with E-state index in [1.165, 1.54) is 0 Å². The predicted molar refractivity (Wildman–Crippen MR) is 71.6 cm³/mol. The molecule has 0 aliphatic rings. The molecule has 0 unspecified atom stereocenters. The summed E-state index contributed by atoms with van der Waals surface area (Å²) in [6.07, 6.45) is 0. The van der Waals surface area contributed by atoms with E-state index in [9.17, 15) is 5.26 Å². The number of nitriles is 1. The zero-order valence-electron chi connectivity index (χ0n) is 10.5. The van der Waals surface area contributed by atoms with Crippen LogP contribution in [0.2, 0.25) is 0 Å². The molecule has 4 nitrogen and oxygen atoms in total. The van der Waals surface area contributed by atoms with E-state index in [0.717, 1.165) is 16.5 Å². The van der Waals surface area contributed by atoms with Gasteiger partial charge in [0.05, 0.1) is 17.7 Å². The van der Waals surface area contributed by atoms with Gasteiger partial charge in [-0.15, -0.1) is 0 Å². The van der Waals surface area contributed by atoms with Crippen molar-refractivity contribution >= 4 is 16.7 Å². The fourth-order valence-corrected chi connectivity index (χ4v) is 2.03. The second kappa shape index (κ2) is 5.03. The van der Waals surface area contributed by atoms with E-state index in [1.807, 2.05) is 38.2 Å². The summed E-state index contributed by atoms with van der Waals surface area (Å²) in [7, 11) is 1.83. The minimum absolute atomic E-state index is 0.0366. The van der Waals surface area contributed by atoms with Gasteiger partial charge in [-0.3, -0.25) is 0 Å². The van der Waals surface area contributed by atoms with Crippen molar-refractivity contribution in [2.24, 2.45) is 0 Å². The second-order valence-electron chi connectivity index (χ2n) is 4.21. The molecule has 0 spiro atoms. The highest BCUT2D eigenvalue weighted by atomic mass is 16.3. The van der Waals surface area contributed by atoms with Crippen LogP contribution in [0, 0.1) is 18.3 Å². The Morgan fingerprint density at radius 3 is 2.78 bits per heavy atom. The van der Waals surface area contributed by atoms with Crippen LogP contribution in [0.5, 0.6) is 0 Å². The fourth-order valence-electron chi connectivity index (χ4n) is 2.03. The molecule has 18 heavy (non-hydrogen) atoms. The SMILES string of the molecule is Cc1c(C#N)c(N(C)CCO)nc2ccccc12. The Morgan fingerprint density at radius 1 is 1.39 bits per heavy atom. The molecular weight excluding hydrogens is 226 g/mol. The van der Waals surface area contributed by atoms with E-state index >= 15 is 0 Å². The van der Waals surface area contributed by atoms with Crippen molar-refractivity contribution < 1.29 is 5.11 Å². The smallest absolute Gasteiger partial charge is 0.147 e. The standard InChI is InChI=1S/C14H15N3O/c1-10-11-5-3-4-6-13(11)16-14(12(10)9-15)17(2)7-8-18/h3-6,18H,7-8H2,1-2H3. The van der Waals surface area contributed by atoms with Crippen molar-refractivity contribution in [3.8, 4) is 6.07 Å². The maximum absolute atomic E-state index is 9.30. The van der Waals surface area contributed by atoms with E-state index in [0.29, 0.717) is 17.9 Å². The molecule has 4 heteroatoms. The number of para-hydroxylation sites is 1. The molecule has 92 valence electrons. The Morgan fingerprint density at radius 2 is 2.11 bits per heavy atom. The highest BCUT2D eigenvalue weighted by molar-refractivity contribution is 5.87. The number of anilines is 1. The maximum Gasteiger partial charge on any atom is 0.147 e. The molecule has 1 N–H and O–H groups in total. The van der Waals surface area contributed by atoms with Gasteiger partial charge in [0, 0.05) is 19.0 Å². The maximum atomic E-state index is 9.30. The molecule has 2 aromatic rings. The van der Waals surface area contributed by atoms with E-state index < -0.39 is 0 Å². The third kappa shape index (κ3) is 2.01. The highest BCUT2D eigenvalue weighted by Gasteiger charge is 2.14. The normalized spacial score (nSPS) is 10.3. The van der Waals surface area contributed by atoms with Crippen LogP contribution in [-0.2, 0) is 0 Å². The number of aliphatic hydroxyl groups excluding tert-OH is 1. The zero-order valence-corrected chi connectivity index (χ0v) is 10.5. The summed E-state index contributed by atoms with van der Waals surface area (Å²) in [5.41, 5.74) is 2.38. The van der Waals surface area contributed by atoms with Gasteiger partial charge in [-0.25, -0.2) is 4.98 Å². The number of nitrogens with zero attached hydrogens (tertiary/aromatic N) is 3. The average Bonchev–Trinajstić information content (AvgIpc) is 2.39. The average molecular weight is 241 g/mol. The van der Waals surface area contributed by atoms with Gasteiger partial charge in [0.1, 0.15) is 11.9 Å². The minimum atomic E-state index is 0.0366. The predicted octanol–water partition coefficient (Wildman–Crippen LogP) is 1.84. The van der Waals surface area contributed by atoms with Gasteiger partial charge in [-0.1, -0.05) is 18.2 Å². The Hall–Kier alpha value is -2.12. The molecule has 1 aromatic carbocycles. The number of pyridine rings is 1. The largest absolute Gasteiger partial charge is 0.395 e. The van der Waals surface area contributed by atoms with Gasteiger partial charge in [0.2, 0.25) is 0 Å². The van der Waals surface area contributed by atoms with Crippen molar-refractivity contribution in [2.75, 3.05) is 25.1 Å². The number of hydrogen-bond donors (Lipinski definition) is 1. The van der Waals surface area contributed by atoms with Gasteiger partial charge in [-0.2, -0.15) is 5.26 Å². The molecule has 0 bridgehead atoms. The summed E-state index contributed by atoms with van der Waals surface area (Å²) in [5, 5.41) is 19.3. The van der Waals surface area contributed by atoms with Crippen LogP contribution in [0.4, 0.5) is 5.82 Å². The molecule has 0 aliphatic heterocycles. The minimum Gasteiger partial charge on any atom is -0.395 e. The Balaban J connectivity index is 2.70. The van der Waals surface area contributed by atoms with Crippen LogP contribution in [0.25, 0.3) is 10.9 Å². The summed E-state index contributed by atoms with van der Waals surface area (Å²) in [5.74, 6) is 0.628. The zero-order chi connectivity index (χ0) is 13.1. The summed E-state index contributed by atoms with van der Waals surface area (Å²) in [6.45, 7) is 2.42. The summed E-state index contributed by atoms with van der Waals surface area (Å²) >= 11 is 0. The van der Waals surface area contributed by atoms with Crippen LogP contribution < -0.4 is 4.90 Å². The number of likely N-dealkylation sites (N-methyl/N-ethyl adjacent to an activating group) is 1. The topological polar surface area (TPSA) is 60.2 Å². The second-order valence-corrected chi connectivity index (χ2v) is 4.21. The highest BCUT2D eigenvalue weighted by Crippen LogP contribution is 2.26. The molecule has 0 aliphatic carbocycles. The third-order valence-corrected chi connectivity index (χ3v) is 3.04. The molecule has 0 saturated carbocycles. The Kier molecular flexibility index (Phi) is 3.45. The lowest BCUT2D eigenvalue weighted by molar-refractivity contribution is 0.304. The Bertz CT molecular complexity index is 616. The van der Waals surface area contributed by atoms with Gasteiger partial charge in [0.25, 0.3) is 0 Å². The van der Waals surface area contributed by atoms with Crippen molar-refractivity contribution in [2.45, 2.75) is 6.92 Å². The van der Waals surface area contributed by atoms with Crippen molar-refractivity contribution in [1.82, 2.24) is 4.98 Å². The molecule has 0 amide bonds. The first-order chi connectivity index (χ1) is 8.69. The van der Waals surface area contributed by atoms with Crippen molar-refractivity contribution in [3.63, 3.8) is 0 Å². The van der Waals surface area contributed by atoms with Crippen LogP contribution in [0.3, 0.4) is 0 Å². The fraction of sp³-hybridized carbons (Fsp3) is 0.286. The van der Waals surface area contributed by atoms with Gasteiger partial charge < -0.3 is 10.0 Å². The lowest BCUT2D eigenvalue weighted by Crippen LogP contribution is -2.23. The van der Waals surface area contributed by atoms with E-state index in [1.54, 1.807) is 4.90 Å². The van der Waals surface area contributed by atoms with Gasteiger partial charge in [-0.05, 0) is 18.6 Å². The number of rotatable bonds is 3. The first-order valence-corrected chi connectivity index (χ1v) is 5.80. The quantitative estimate of drug-likeness (QED) is 0.890. The van der Waals surface area contributed by atoms with Crippen LogP contribution in [0.1, 0.15) is 11.1 Å². The van der Waals surface area contributed by atoms with Gasteiger partial charge >= 0.3 is 0 Å². The molecule has 0 atom stereocenters. The first-order valence-electron chi connectivity index (χ1n) is 5.80. The summed E-state index contributed by atoms with van der Waals surface area (Å²) in [6, 6.07) is 9.97. The lowest BCUT2D eigenvalue weighted by atomic mass is 10.0. The van der Waals surface area contributed by atoms with Crippen molar-refractivity contribution in [3.05, 3.63) is 35.4 Å². The van der Waals surface area contributed by atoms with E-state index in [4.69, 9.17) is 5.11 Å². The number of aromatic nitrogens is 1. The molecule has 0 saturated heterocycles. The van der Waals surface area contributed by atoms with E-state index in [2.05, 4.69) is 11.1 Å². The molecular formula is C14H15N3O. The number of fused-ring (bicyclic) bond motifs is 1. The van der Waals surface area contributed by atoms with Gasteiger partial charge in [0.15, 0.2) is 0 Å². The number of aryl methyl sites for hydroxylation is 1. The molecule has 2 rings (SSSR count). The van der Waals surface area contributed by atoms with Crippen molar-refractivity contribution in [1.29, 1.82) is 5.26 Å². The number of hydrogen-bond acceptors (Lipinski definition) is 4. The summed E-state index contributed by atoms with van der Waals surface area (Å²) < 4.78 is 0. The number of benzene rings is 1. The monoisotopic (exact) mass is 241 g/mol. The molecule has 0 radical (unpaired) electrons. The Labute approximate surface area is 106 Å². The molecule has 1 aromatic heterocycles. The van der Waals surface area contributed by atoms with Crippen LogP contribution in [-0.4, -0.2) is 30.3 Å². The molecule has 0 fully saturated rings. The van der Waals surface area contributed by atoms with E-state index in [-0.39, 0.29) is 6.61 Å². The van der Waals surface area contributed by atoms with Crippen LogP contribution in [0.15, 0.2) is 24.3 Å². The summed E-state index contributed by atoms with van der Waals surface area (Å²) in [4.78, 5) is 6.32. The lowest BCUT2D eigenvalue weighted by Gasteiger charge is -2.20.